The Morgan fingerprint density at radius 3 is 2.80 bits per heavy atom. The molecule has 2 N–H and O–H groups in total. The number of methoxy groups -OCH3 is 1. The molecule has 0 saturated heterocycles. The monoisotopic (exact) mass is 229 g/mol. The number of hydrogen-bond donors (Lipinski definition) is 2. The van der Waals surface area contributed by atoms with Crippen LogP contribution in [0.5, 0.6) is 0 Å². The van der Waals surface area contributed by atoms with Gasteiger partial charge in [-0.05, 0) is 6.92 Å². The maximum atomic E-state index is 4.93. The van der Waals surface area contributed by atoms with Crippen LogP contribution in [0, 0.1) is 6.92 Å². The molecule has 86 valence electrons. The van der Waals surface area contributed by atoms with Crippen LogP contribution < -0.4 is 10.6 Å². The Bertz CT molecular complexity index is 265. The molecule has 0 saturated carbocycles. The second kappa shape index (κ2) is 7.76. The number of nitrogens with zero attached hydrogens (tertiary/aromatic N) is 1. The van der Waals surface area contributed by atoms with Crippen molar-refractivity contribution < 1.29 is 4.74 Å². The van der Waals surface area contributed by atoms with Gasteiger partial charge in [-0.25, -0.2) is 4.98 Å². The van der Waals surface area contributed by atoms with Crippen molar-refractivity contribution in [3.63, 3.8) is 0 Å². The van der Waals surface area contributed by atoms with Gasteiger partial charge in [0.05, 0.1) is 17.3 Å². The number of aryl methyl sites for hydroxylation is 1. The second-order valence-electron chi connectivity index (χ2n) is 3.28. The van der Waals surface area contributed by atoms with E-state index in [1.807, 2.05) is 6.92 Å². The lowest BCUT2D eigenvalue weighted by molar-refractivity contribution is 0.199. The highest BCUT2D eigenvalue weighted by atomic mass is 32.1. The van der Waals surface area contributed by atoms with Gasteiger partial charge in [0.15, 0.2) is 0 Å². The Labute approximate surface area is 95.1 Å². The summed E-state index contributed by atoms with van der Waals surface area (Å²) in [4.78, 5) is 4.37. The maximum absolute atomic E-state index is 4.93. The highest BCUT2D eigenvalue weighted by Crippen LogP contribution is 2.06. The summed E-state index contributed by atoms with van der Waals surface area (Å²) in [5.41, 5.74) is 1.13. The molecule has 15 heavy (non-hydrogen) atoms. The van der Waals surface area contributed by atoms with E-state index in [0.29, 0.717) is 0 Å². The minimum Gasteiger partial charge on any atom is -0.383 e. The van der Waals surface area contributed by atoms with Crippen molar-refractivity contribution in [2.45, 2.75) is 13.5 Å². The van der Waals surface area contributed by atoms with Crippen LogP contribution in [0.4, 0.5) is 0 Å². The third-order valence-electron chi connectivity index (χ3n) is 1.93. The van der Waals surface area contributed by atoms with Crippen molar-refractivity contribution >= 4 is 11.3 Å². The van der Waals surface area contributed by atoms with E-state index in [1.54, 1.807) is 18.4 Å². The summed E-state index contributed by atoms with van der Waals surface area (Å²) in [6.45, 7) is 6.49. The first-order chi connectivity index (χ1) is 7.33. The first-order valence-corrected chi connectivity index (χ1v) is 6.02. The van der Waals surface area contributed by atoms with Gasteiger partial charge in [0.2, 0.25) is 0 Å². The third-order valence-corrected chi connectivity index (χ3v) is 2.76. The highest BCUT2D eigenvalue weighted by molar-refractivity contribution is 7.09. The van der Waals surface area contributed by atoms with Crippen molar-refractivity contribution in [3.8, 4) is 0 Å². The molecule has 0 aromatic carbocycles. The van der Waals surface area contributed by atoms with E-state index in [4.69, 9.17) is 4.74 Å². The average Bonchev–Trinajstić information content (AvgIpc) is 2.63. The maximum Gasteiger partial charge on any atom is 0.0897 e. The van der Waals surface area contributed by atoms with E-state index in [2.05, 4.69) is 21.0 Å². The molecule has 1 heterocycles. The van der Waals surface area contributed by atoms with E-state index < -0.39 is 0 Å². The number of rotatable bonds is 8. The van der Waals surface area contributed by atoms with E-state index >= 15 is 0 Å². The van der Waals surface area contributed by atoms with Crippen molar-refractivity contribution in [3.05, 3.63) is 16.1 Å². The smallest absolute Gasteiger partial charge is 0.0897 e. The van der Waals surface area contributed by atoms with Crippen molar-refractivity contribution in [2.75, 3.05) is 33.4 Å². The Hall–Kier alpha value is -0.490. The molecule has 0 bridgehead atoms. The molecule has 0 atom stereocenters. The summed E-state index contributed by atoms with van der Waals surface area (Å²) in [5.74, 6) is 0. The summed E-state index contributed by atoms with van der Waals surface area (Å²) in [7, 11) is 1.71. The highest BCUT2D eigenvalue weighted by Gasteiger charge is 1.96. The lowest BCUT2D eigenvalue weighted by atomic mass is 10.4. The van der Waals surface area contributed by atoms with Gasteiger partial charge >= 0.3 is 0 Å². The molecule has 1 aromatic rings. The molecule has 0 fully saturated rings. The fourth-order valence-corrected chi connectivity index (χ4v) is 1.79. The minimum absolute atomic E-state index is 0.769. The summed E-state index contributed by atoms with van der Waals surface area (Å²) in [6.07, 6.45) is 0. The van der Waals surface area contributed by atoms with Gasteiger partial charge in [-0.15, -0.1) is 11.3 Å². The molecule has 4 nitrogen and oxygen atoms in total. The SMILES string of the molecule is COCCNCCNCc1csc(C)n1. The Morgan fingerprint density at radius 2 is 2.13 bits per heavy atom. The molecular weight excluding hydrogens is 210 g/mol. The molecule has 1 rings (SSSR count). The largest absolute Gasteiger partial charge is 0.383 e. The topological polar surface area (TPSA) is 46.2 Å². The van der Waals surface area contributed by atoms with Crippen LogP contribution in [0.25, 0.3) is 0 Å². The van der Waals surface area contributed by atoms with Crippen LogP contribution in [0.2, 0.25) is 0 Å². The van der Waals surface area contributed by atoms with Crippen LogP contribution in [0.15, 0.2) is 5.38 Å². The summed E-state index contributed by atoms with van der Waals surface area (Å²) >= 11 is 1.70. The number of ether oxygens (including phenoxy) is 1. The van der Waals surface area contributed by atoms with Crippen LogP contribution in [0.3, 0.4) is 0 Å². The second-order valence-corrected chi connectivity index (χ2v) is 4.34. The quantitative estimate of drug-likeness (QED) is 0.647. The summed E-state index contributed by atoms with van der Waals surface area (Å²) < 4.78 is 4.93. The summed E-state index contributed by atoms with van der Waals surface area (Å²) in [6, 6.07) is 0. The first kappa shape index (κ1) is 12.6. The fourth-order valence-electron chi connectivity index (χ4n) is 1.18. The molecule has 0 radical (unpaired) electrons. The van der Waals surface area contributed by atoms with Gasteiger partial charge < -0.3 is 15.4 Å². The normalized spacial score (nSPS) is 10.8. The molecule has 0 aliphatic carbocycles. The average molecular weight is 229 g/mol. The number of hydrogen-bond acceptors (Lipinski definition) is 5. The van der Waals surface area contributed by atoms with Crippen LogP contribution in [-0.4, -0.2) is 38.3 Å². The zero-order chi connectivity index (χ0) is 10.9. The molecule has 0 aliphatic rings. The van der Waals surface area contributed by atoms with Gasteiger partial charge in [-0.1, -0.05) is 0 Å². The standard InChI is InChI=1S/C10H19N3OS/c1-9-13-10(8-15-9)7-12-4-3-11-5-6-14-2/h8,11-12H,3-7H2,1-2H3. The lowest BCUT2D eigenvalue weighted by Gasteiger charge is -2.04. The Morgan fingerprint density at radius 1 is 1.33 bits per heavy atom. The predicted molar refractivity (Wildman–Crippen MR) is 63.3 cm³/mol. The van der Waals surface area contributed by atoms with E-state index in [1.165, 1.54) is 0 Å². The number of nitrogens with one attached hydrogen (secondary N) is 2. The predicted octanol–water partition coefficient (Wildman–Crippen LogP) is 0.777. The van der Waals surface area contributed by atoms with Gasteiger partial charge in [0, 0.05) is 38.7 Å². The van der Waals surface area contributed by atoms with Crippen molar-refractivity contribution in [2.24, 2.45) is 0 Å². The fraction of sp³-hybridized carbons (Fsp3) is 0.700. The Kier molecular flexibility index (Phi) is 6.50. The van der Waals surface area contributed by atoms with Gasteiger partial charge in [-0.3, -0.25) is 0 Å². The van der Waals surface area contributed by atoms with Crippen molar-refractivity contribution in [1.82, 2.24) is 15.6 Å². The zero-order valence-electron chi connectivity index (χ0n) is 9.38. The van der Waals surface area contributed by atoms with Gasteiger partial charge in [0.1, 0.15) is 0 Å². The van der Waals surface area contributed by atoms with Crippen LogP contribution >= 0.6 is 11.3 Å². The van der Waals surface area contributed by atoms with E-state index in [-0.39, 0.29) is 0 Å². The van der Waals surface area contributed by atoms with Crippen LogP contribution in [-0.2, 0) is 11.3 Å². The first-order valence-electron chi connectivity index (χ1n) is 5.14. The lowest BCUT2D eigenvalue weighted by Crippen LogP contribution is -2.29. The molecule has 0 aliphatic heterocycles. The molecular formula is C10H19N3OS. The third kappa shape index (κ3) is 5.84. The summed E-state index contributed by atoms with van der Waals surface area (Å²) in [5, 5.41) is 9.83. The molecule has 0 unspecified atom stereocenters. The minimum atomic E-state index is 0.769. The van der Waals surface area contributed by atoms with Gasteiger partial charge in [-0.2, -0.15) is 0 Å². The number of aromatic nitrogens is 1. The van der Waals surface area contributed by atoms with Crippen molar-refractivity contribution in [1.29, 1.82) is 0 Å². The molecule has 0 amide bonds. The molecule has 0 spiro atoms. The zero-order valence-corrected chi connectivity index (χ0v) is 10.2. The van der Waals surface area contributed by atoms with Crippen LogP contribution in [0.1, 0.15) is 10.7 Å². The number of thiazole rings is 1. The molecule has 1 aromatic heterocycles. The van der Waals surface area contributed by atoms with Gasteiger partial charge in [0.25, 0.3) is 0 Å². The molecule has 5 heteroatoms. The Balaban J connectivity index is 1.93. The van der Waals surface area contributed by atoms with E-state index in [0.717, 1.165) is 43.5 Å². The van der Waals surface area contributed by atoms with E-state index in [9.17, 15) is 0 Å².